The van der Waals surface area contributed by atoms with E-state index in [-0.39, 0.29) is 6.17 Å². The zero-order valence-electron chi connectivity index (χ0n) is 11.6. The Morgan fingerprint density at radius 2 is 2.24 bits per heavy atom. The molecule has 0 aliphatic carbocycles. The summed E-state index contributed by atoms with van der Waals surface area (Å²) in [7, 11) is 0. The van der Waals surface area contributed by atoms with Crippen LogP contribution in [0.15, 0.2) is 47.6 Å². The number of nitrogens with one attached hydrogen (secondary N) is 1. The van der Waals surface area contributed by atoms with Crippen molar-refractivity contribution in [1.82, 2.24) is 10.5 Å². The van der Waals surface area contributed by atoms with Gasteiger partial charge in [0, 0.05) is 11.8 Å². The van der Waals surface area contributed by atoms with Gasteiger partial charge in [-0.1, -0.05) is 6.07 Å². The summed E-state index contributed by atoms with van der Waals surface area (Å²) in [6, 6.07) is 11.2. The average Bonchev–Trinajstić information content (AvgIpc) is 2.98. The van der Waals surface area contributed by atoms with Gasteiger partial charge in [0.25, 0.3) is 0 Å². The summed E-state index contributed by atoms with van der Waals surface area (Å²) in [5.74, 6) is 1.77. The number of aliphatic imine (C=N–C) groups is 1. The fourth-order valence-electron chi connectivity index (χ4n) is 2.08. The molecule has 1 aliphatic heterocycles. The van der Waals surface area contributed by atoms with E-state index < -0.39 is 0 Å². The van der Waals surface area contributed by atoms with Gasteiger partial charge >= 0.3 is 0 Å². The van der Waals surface area contributed by atoms with E-state index in [0.29, 0.717) is 18.3 Å². The average molecular weight is 284 g/mol. The summed E-state index contributed by atoms with van der Waals surface area (Å²) >= 11 is 0. The number of nitrogens with two attached hydrogens (primary N) is 1. The summed E-state index contributed by atoms with van der Waals surface area (Å²) in [5, 5.41) is 0. The molecule has 6 nitrogen and oxygen atoms in total. The lowest BCUT2D eigenvalue weighted by atomic mass is 10.2. The minimum absolute atomic E-state index is 0.291. The molecule has 1 aromatic carbocycles. The fraction of sp³-hybridized carbons (Fsp3) is 0.200. The predicted octanol–water partition coefficient (Wildman–Crippen LogP) is 2.04. The van der Waals surface area contributed by atoms with E-state index in [0.717, 1.165) is 16.9 Å². The molecule has 1 unspecified atom stereocenters. The quantitative estimate of drug-likeness (QED) is 0.898. The zero-order chi connectivity index (χ0) is 14.7. The van der Waals surface area contributed by atoms with Crippen LogP contribution in [0.4, 0.5) is 5.82 Å². The van der Waals surface area contributed by atoms with Crippen LogP contribution in [-0.2, 0) is 4.84 Å². The number of ether oxygens (including phenoxy) is 1. The Bertz CT molecular complexity index is 672. The van der Waals surface area contributed by atoms with Crippen LogP contribution in [-0.4, -0.2) is 17.5 Å². The van der Waals surface area contributed by atoms with Crippen LogP contribution in [0.5, 0.6) is 5.75 Å². The Balaban J connectivity index is 1.84. The number of hydrogen-bond acceptors (Lipinski definition) is 6. The van der Waals surface area contributed by atoms with Crippen molar-refractivity contribution in [1.29, 1.82) is 0 Å². The fourth-order valence-corrected chi connectivity index (χ4v) is 2.08. The number of rotatable bonds is 4. The Labute approximate surface area is 122 Å². The van der Waals surface area contributed by atoms with Crippen LogP contribution in [0.2, 0.25) is 0 Å². The van der Waals surface area contributed by atoms with Crippen LogP contribution in [0.1, 0.15) is 24.2 Å². The van der Waals surface area contributed by atoms with Crippen molar-refractivity contribution in [2.75, 3.05) is 12.3 Å². The molecule has 0 saturated heterocycles. The van der Waals surface area contributed by atoms with E-state index in [2.05, 4.69) is 15.5 Å². The van der Waals surface area contributed by atoms with Gasteiger partial charge in [-0.25, -0.2) is 9.98 Å². The number of benzene rings is 1. The number of pyridine rings is 1. The van der Waals surface area contributed by atoms with Gasteiger partial charge in [-0.2, -0.15) is 0 Å². The number of hydrogen-bond donors (Lipinski definition) is 2. The molecule has 0 amide bonds. The SMILES string of the molecule is CCOc1cccc(C2=NC(c3ccnc(N)c3)NO2)c1. The summed E-state index contributed by atoms with van der Waals surface area (Å²) < 4.78 is 5.48. The summed E-state index contributed by atoms with van der Waals surface area (Å²) in [6.45, 7) is 2.57. The number of hydroxylamine groups is 1. The standard InChI is InChI=1S/C15H16N4O2/c1-2-20-12-5-3-4-11(8-12)15-18-14(19-21-15)10-6-7-17-13(16)9-10/h3-9,14,19H,2H2,1H3,(H2,16,17). The lowest BCUT2D eigenvalue weighted by Gasteiger charge is -2.06. The Hall–Kier alpha value is -2.60. The van der Waals surface area contributed by atoms with Crippen LogP contribution in [0.3, 0.4) is 0 Å². The molecule has 1 aliphatic rings. The first kappa shape index (κ1) is 13.4. The Kier molecular flexibility index (Phi) is 3.70. The second-order valence-corrected chi connectivity index (χ2v) is 4.53. The van der Waals surface area contributed by atoms with Crippen molar-refractivity contribution < 1.29 is 9.57 Å². The number of anilines is 1. The number of aromatic nitrogens is 1. The molecule has 2 aromatic rings. The maximum atomic E-state index is 5.68. The molecule has 0 fully saturated rings. The lowest BCUT2D eigenvalue weighted by Crippen LogP contribution is -2.15. The molecule has 3 rings (SSSR count). The molecular weight excluding hydrogens is 268 g/mol. The number of nitrogen functional groups attached to an aromatic ring is 1. The first-order chi connectivity index (χ1) is 10.3. The highest BCUT2D eigenvalue weighted by atomic mass is 16.7. The van der Waals surface area contributed by atoms with Gasteiger partial charge in [-0.05, 0) is 42.8 Å². The first-order valence-electron chi connectivity index (χ1n) is 6.71. The third-order valence-corrected chi connectivity index (χ3v) is 3.03. The van der Waals surface area contributed by atoms with Crippen LogP contribution in [0.25, 0.3) is 0 Å². The summed E-state index contributed by atoms with van der Waals surface area (Å²) in [6.07, 6.45) is 1.36. The molecule has 0 spiro atoms. The van der Waals surface area contributed by atoms with E-state index >= 15 is 0 Å². The van der Waals surface area contributed by atoms with Gasteiger partial charge < -0.3 is 15.3 Å². The minimum atomic E-state index is -0.291. The Morgan fingerprint density at radius 1 is 1.33 bits per heavy atom. The Morgan fingerprint density at radius 3 is 3.05 bits per heavy atom. The highest BCUT2D eigenvalue weighted by molar-refractivity contribution is 5.95. The normalized spacial score (nSPS) is 17.2. The van der Waals surface area contributed by atoms with Gasteiger partial charge in [-0.15, -0.1) is 5.48 Å². The van der Waals surface area contributed by atoms with Crippen molar-refractivity contribution in [3.05, 3.63) is 53.7 Å². The van der Waals surface area contributed by atoms with E-state index in [9.17, 15) is 0 Å². The first-order valence-corrected chi connectivity index (χ1v) is 6.71. The van der Waals surface area contributed by atoms with Crippen LogP contribution < -0.4 is 16.0 Å². The zero-order valence-corrected chi connectivity index (χ0v) is 11.6. The van der Waals surface area contributed by atoms with E-state index in [4.69, 9.17) is 15.3 Å². The largest absolute Gasteiger partial charge is 0.494 e. The molecule has 0 bridgehead atoms. The van der Waals surface area contributed by atoms with Crippen molar-refractivity contribution in [2.24, 2.45) is 4.99 Å². The minimum Gasteiger partial charge on any atom is -0.494 e. The molecule has 3 N–H and O–H groups in total. The smallest absolute Gasteiger partial charge is 0.242 e. The predicted molar refractivity (Wildman–Crippen MR) is 79.8 cm³/mol. The molecular formula is C15H16N4O2. The van der Waals surface area contributed by atoms with Crippen molar-refractivity contribution in [3.8, 4) is 5.75 Å². The molecule has 1 aromatic heterocycles. The molecule has 1 atom stereocenters. The van der Waals surface area contributed by atoms with Crippen molar-refractivity contribution >= 4 is 11.7 Å². The molecule has 0 radical (unpaired) electrons. The van der Waals surface area contributed by atoms with Crippen LogP contribution >= 0.6 is 0 Å². The lowest BCUT2D eigenvalue weighted by molar-refractivity contribution is 0.180. The monoisotopic (exact) mass is 284 g/mol. The molecule has 2 heterocycles. The second-order valence-electron chi connectivity index (χ2n) is 4.53. The van der Waals surface area contributed by atoms with E-state index in [1.54, 1.807) is 12.3 Å². The van der Waals surface area contributed by atoms with Crippen LogP contribution in [0, 0.1) is 0 Å². The van der Waals surface area contributed by atoms with Gasteiger partial charge in [0.2, 0.25) is 5.90 Å². The highest BCUT2D eigenvalue weighted by Crippen LogP contribution is 2.23. The third kappa shape index (κ3) is 2.95. The summed E-state index contributed by atoms with van der Waals surface area (Å²) in [5.41, 5.74) is 10.3. The van der Waals surface area contributed by atoms with Gasteiger partial charge in [-0.3, -0.25) is 0 Å². The van der Waals surface area contributed by atoms with Crippen molar-refractivity contribution in [2.45, 2.75) is 13.1 Å². The van der Waals surface area contributed by atoms with Gasteiger partial charge in [0.15, 0.2) is 6.17 Å². The molecule has 21 heavy (non-hydrogen) atoms. The number of nitrogens with zero attached hydrogens (tertiary/aromatic N) is 2. The molecule has 6 heteroatoms. The van der Waals surface area contributed by atoms with Gasteiger partial charge in [0.05, 0.1) is 6.61 Å². The second kappa shape index (κ2) is 5.80. The topological polar surface area (TPSA) is 81.8 Å². The molecule has 108 valence electrons. The van der Waals surface area contributed by atoms with Gasteiger partial charge in [0.1, 0.15) is 11.6 Å². The molecule has 0 saturated carbocycles. The van der Waals surface area contributed by atoms with E-state index in [1.807, 2.05) is 37.3 Å². The van der Waals surface area contributed by atoms with Crippen molar-refractivity contribution in [3.63, 3.8) is 0 Å². The summed E-state index contributed by atoms with van der Waals surface area (Å²) in [4.78, 5) is 13.9. The van der Waals surface area contributed by atoms with E-state index in [1.165, 1.54) is 0 Å². The third-order valence-electron chi connectivity index (χ3n) is 3.03. The maximum Gasteiger partial charge on any atom is 0.242 e. The highest BCUT2D eigenvalue weighted by Gasteiger charge is 2.21. The maximum absolute atomic E-state index is 5.68.